The number of aryl methyl sites for hydroxylation is 1. The molecule has 1 aromatic rings. The van der Waals surface area contributed by atoms with E-state index < -0.39 is 5.60 Å². The zero-order chi connectivity index (χ0) is 12.8. The Morgan fingerprint density at radius 2 is 2.17 bits per heavy atom. The van der Waals surface area contributed by atoms with Crippen molar-refractivity contribution in [1.29, 1.82) is 0 Å². The van der Waals surface area contributed by atoms with Crippen LogP contribution in [0.2, 0.25) is 0 Å². The molecule has 5 nitrogen and oxygen atoms in total. The third kappa shape index (κ3) is 3.02. The molecule has 0 saturated carbocycles. The highest BCUT2D eigenvalue weighted by molar-refractivity contribution is 6.17. The zero-order valence-corrected chi connectivity index (χ0v) is 11.4. The molecule has 0 atom stereocenters. The van der Waals surface area contributed by atoms with E-state index in [1.807, 2.05) is 6.92 Å². The number of hydrogen-bond acceptors (Lipinski definition) is 5. The normalized spacial score (nSPS) is 19.0. The summed E-state index contributed by atoms with van der Waals surface area (Å²) in [5.41, 5.74) is -0.435. The molecule has 0 bridgehead atoms. The Morgan fingerprint density at radius 1 is 1.39 bits per heavy atom. The molecule has 0 aliphatic carbocycles. The Labute approximate surface area is 112 Å². The van der Waals surface area contributed by atoms with Gasteiger partial charge in [-0.15, -0.1) is 11.6 Å². The second kappa shape index (κ2) is 6.50. The Kier molecular flexibility index (Phi) is 4.97. The second-order valence-electron chi connectivity index (χ2n) is 4.34. The Balaban J connectivity index is 2.12. The molecule has 0 amide bonds. The van der Waals surface area contributed by atoms with Crippen LogP contribution in [0.25, 0.3) is 0 Å². The van der Waals surface area contributed by atoms with Crippen molar-refractivity contribution in [2.24, 2.45) is 0 Å². The minimum absolute atomic E-state index is 0.435. The van der Waals surface area contributed by atoms with Gasteiger partial charge in [0, 0.05) is 45.0 Å². The van der Waals surface area contributed by atoms with E-state index in [1.54, 1.807) is 0 Å². The van der Waals surface area contributed by atoms with Gasteiger partial charge in [0.1, 0.15) is 5.60 Å². The lowest BCUT2D eigenvalue weighted by atomic mass is 9.93. The van der Waals surface area contributed by atoms with Gasteiger partial charge in [-0.2, -0.15) is 4.98 Å². The Hall–Kier alpha value is -0.650. The molecule has 0 spiro atoms. The minimum atomic E-state index is -0.435. The van der Waals surface area contributed by atoms with Crippen molar-refractivity contribution < 1.29 is 14.0 Å². The van der Waals surface area contributed by atoms with Crippen LogP contribution in [0.4, 0.5) is 0 Å². The van der Waals surface area contributed by atoms with Crippen molar-refractivity contribution in [2.75, 3.05) is 25.7 Å². The molecule has 0 unspecified atom stereocenters. The fraction of sp³-hybridized carbons (Fsp3) is 0.833. The SMILES string of the molecule is CCOC1(c2noc(CCCCl)n2)CCOCC1. The van der Waals surface area contributed by atoms with E-state index in [0.717, 1.165) is 25.7 Å². The largest absolute Gasteiger partial charge is 0.381 e. The molecular formula is C12H19ClN2O3. The maximum absolute atomic E-state index is 5.88. The van der Waals surface area contributed by atoms with Gasteiger partial charge in [-0.1, -0.05) is 5.16 Å². The molecule has 1 aliphatic heterocycles. The monoisotopic (exact) mass is 274 g/mol. The maximum Gasteiger partial charge on any atom is 0.226 e. The summed E-state index contributed by atoms with van der Waals surface area (Å²) >= 11 is 5.65. The molecule has 102 valence electrons. The number of ether oxygens (including phenoxy) is 2. The summed E-state index contributed by atoms with van der Waals surface area (Å²) in [5.74, 6) is 1.88. The highest BCUT2D eigenvalue weighted by Crippen LogP contribution is 2.34. The van der Waals surface area contributed by atoms with E-state index in [4.69, 9.17) is 25.6 Å². The van der Waals surface area contributed by atoms with E-state index in [2.05, 4.69) is 10.1 Å². The number of nitrogens with zero attached hydrogens (tertiary/aromatic N) is 2. The molecule has 0 aromatic carbocycles. The smallest absolute Gasteiger partial charge is 0.226 e. The van der Waals surface area contributed by atoms with Crippen LogP contribution in [0.3, 0.4) is 0 Å². The van der Waals surface area contributed by atoms with E-state index in [1.165, 1.54) is 0 Å². The summed E-state index contributed by atoms with van der Waals surface area (Å²) in [7, 11) is 0. The summed E-state index contributed by atoms with van der Waals surface area (Å²) in [5, 5.41) is 4.07. The summed E-state index contributed by atoms with van der Waals surface area (Å²) in [6.07, 6.45) is 3.10. The molecule has 1 aromatic heterocycles. The van der Waals surface area contributed by atoms with Crippen LogP contribution in [0.15, 0.2) is 4.52 Å². The van der Waals surface area contributed by atoms with Crippen LogP contribution in [-0.2, 0) is 21.5 Å². The fourth-order valence-electron chi connectivity index (χ4n) is 2.17. The average Bonchev–Trinajstić information content (AvgIpc) is 2.87. The molecule has 0 radical (unpaired) electrons. The lowest BCUT2D eigenvalue weighted by molar-refractivity contribution is -0.118. The molecule has 1 saturated heterocycles. The number of rotatable bonds is 6. The number of halogens is 1. The van der Waals surface area contributed by atoms with Crippen LogP contribution in [-0.4, -0.2) is 35.8 Å². The van der Waals surface area contributed by atoms with Crippen LogP contribution in [0.1, 0.15) is 37.9 Å². The van der Waals surface area contributed by atoms with E-state index >= 15 is 0 Å². The van der Waals surface area contributed by atoms with Crippen LogP contribution < -0.4 is 0 Å². The minimum Gasteiger partial charge on any atom is -0.381 e. The number of hydrogen-bond donors (Lipinski definition) is 0. The standard InChI is InChI=1S/C12H19ClN2O3/c1-2-17-12(5-8-16-9-6-12)11-14-10(18-15-11)4-3-7-13/h2-9H2,1H3. The van der Waals surface area contributed by atoms with Gasteiger partial charge >= 0.3 is 0 Å². The first-order valence-electron chi connectivity index (χ1n) is 6.41. The van der Waals surface area contributed by atoms with Gasteiger partial charge in [-0.05, 0) is 13.3 Å². The predicted molar refractivity (Wildman–Crippen MR) is 66.7 cm³/mol. The number of aromatic nitrogens is 2. The van der Waals surface area contributed by atoms with Crippen molar-refractivity contribution in [3.63, 3.8) is 0 Å². The number of alkyl halides is 1. The van der Waals surface area contributed by atoms with Crippen LogP contribution in [0, 0.1) is 0 Å². The van der Waals surface area contributed by atoms with Crippen molar-refractivity contribution in [3.05, 3.63) is 11.7 Å². The zero-order valence-electron chi connectivity index (χ0n) is 10.7. The quantitative estimate of drug-likeness (QED) is 0.745. The van der Waals surface area contributed by atoms with Gasteiger partial charge in [-0.25, -0.2) is 0 Å². The highest BCUT2D eigenvalue weighted by Gasteiger charge is 2.39. The van der Waals surface area contributed by atoms with Gasteiger partial charge in [0.15, 0.2) is 0 Å². The maximum atomic E-state index is 5.88. The summed E-state index contributed by atoms with van der Waals surface area (Å²) in [4.78, 5) is 4.45. The molecule has 0 N–H and O–H groups in total. The van der Waals surface area contributed by atoms with Gasteiger partial charge in [0.2, 0.25) is 11.7 Å². The molecule has 6 heteroatoms. The Bertz CT molecular complexity index is 358. The summed E-state index contributed by atoms with van der Waals surface area (Å²) < 4.78 is 16.5. The van der Waals surface area contributed by atoms with Gasteiger partial charge in [-0.3, -0.25) is 0 Å². The van der Waals surface area contributed by atoms with Gasteiger partial charge < -0.3 is 14.0 Å². The predicted octanol–water partition coefficient (Wildman–Crippen LogP) is 2.28. The summed E-state index contributed by atoms with van der Waals surface area (Å²) in [6.45, 7) is 3.95. The second-order valence-corrected chi connectivity index (χ2v) is 4.72. The topological polar surface area (TPSA) is 57.4 Å². The fourth-order valence-corrected chi connectivity index (χ4v) is 2.30. The van der Waals surface area contributed by atoms with Gasteiger partial charge in [0.25, 0.3) is 0 Å². The lowest BCUT2D eigenvalue weighted by Gasteiger charge is -2.33. The van der Waals surface area contributed by atoms with E-state index in [-0.39, 0.29) is 0 Å². The molecule has 1 fully saturated rings. The Morgan fingerprint density at radius 3 is 2.83 bits per heavy atom. The highest BCUT2D eigenvalue weighted by atomic mass is 35.5. The van der Waals surface area contributed by atoms with Crippen molar-refractivity contribution >= 4 is 11.6 Å². The first-order chi connectivity index (χ1) is 8.80. The molecule has 2 heterocycles. The first-order valence-corrected chi connectivity index (χ1v) is 6.95. The first kappa shape index (κ1) is 13.8. The van der Waals surface area contributed by atoms with Gasteiger partial charge in [0.05, 0.1) is 0 Å². The van der Waals surface area contributed by atoms with Crippen molar-refractivity contribution in [3.8, 4) is 0 Å². The molecule has 18 heavy (non-hydrogen) atoms. The summed E-state index contributed by atoms with van der Waals surface area (Å²) in [6, 6.07) is 0. The van der Waals surface area contributed by atoms with E-state index in [0.29, 0.717) is 37.4 Å². The van der Waals surface area contributed by atoms with E-state index in [9.17, 15) is 0 Å². The molecular weight excluding hydrogens is 256 g/mol. The van der Waals surface area contributed by atoms with Crippen LogP contribution >= 0.6 is 11.6 Å². The third-order valence-electron chi connectivity index (χ3n) is 3.12. The van der Waals surface area contributed by atoms with Crippen LogP contribution in [0.5, 0.6) is 0 Å². The van der Waals surface area contributed by atoms with Crippen molar-refractivity contribution in [1.82, 2.24) is 10.1 Å². The molecule has 1 aliphatic rings. The lowest BCUT2D eigenvalue weighted by Crippen LogP contribution is -2.37. The third-order valence-corrected chi connectivity index (χ3v) is 3.39. The molecule has 2 rings (SSSR count). The van der Waals surface area contributed by atoms with Crippen molar-refractivity contribution in [2.45, 2.75) is 38.2 Å². The average molecular weight is 275 g/mol.